The fraction of sp³-hybridized carbons (Fsp3) is 0.300. The van der Waals surface area contributed by atoms with Crippen LogP contribution in [0, 0.1) is 6.57 Å². The molecule has 0 saturated heterocycles. The van der Waals surface area contributed by atoms with E-state index in [0.29, 0.717) is 18.5 Å². The Kier molecular flexibility index (Phi) is 6.08. The van der Waals surface area contributed by atoms with Crippen molar-refractivity contribution in [2.45, 2.75) is 38.8 Å². The SMILES string of the molecule is [C-]#[N+]c1cccc(CC(=O)[C@H](Cc2ccccc2)NC(C)C)c1. The number of nitrogens with one attached hydrogen (secondary N) is 1. The maximum atomic E-state index is 12.7. The molecule has 0 fully saturated rings. The quantitative estimate of drug-likeness (QED) is 0.786. The minimum atomic E-state index is -0.214. The van der Waals surface area contributed by atoms with Gasteiger partial charge in [0.2, 0.25) is 0 Å². The van der Waals surface area contributed by atoms with Crippen molar-refractivity contribution >= 4 is 11.5 Å². The fourth-order valence-corrected chi connectivity index (χ4v) is 2.58. The monoisotopic (exact) mass is 306 g/mol. The molecule has 0 aliphatic rings. The normalized spacial score (nSPS) is 11.9. The van der Waals surface area contributed by atoms with Gasteiger partial charge in [0.1, 0.15) is 0 Å². The van der Waals surface area contributed by atoms with Gasteiger partial charge in [0.15, 0.2) is 11.5 Å². The molecular weight excluding hydrogens is 284 g/mol. The number of Topliss-reactive ketones (excluding diaryl/α,β-unsaturated/α-hetero) is 1. The van der Waals surface area contributed by atoms with Crippen molar-refractivity contribution in [2.24, 2.45) is 0 Å². The molecule has 3 heteroatoms. The summed E-state index contributed by atoms with van der Waals surface area (Å²) in [4.78, 5) is 16.1. The van der Waals surface area contributed by atoms with E-state index < -0.39 is 0 Å². The number of benzene rings is 2. The fourth-order valence-electron chi connectivity index (χ4n) is 2.58. The molecule has 118 valence electrons. The van der Waals surface area contributed by atoms with Crippen LogP contribution in [0.4, 0.5) is 5.69 Å². The molecule has 0 saturated carbocycles. The summed E-state index contributed by atoms with van der Waals surface area (Å²) in [6, 6.07) is 17.4. The minimum Gasteiger partial charge on any atom is -0.305 e. The second kappa shape index (κ2) is 8.26. The molecule has 3 nitrogen and oxygen atoms in total. The van der Waals surface area contributed by atoms with E-state index in [2.05, 4.69) is 10.2 Å². The van der Waals surface area contributed by atoms with Crippen molar-refractivity contribution in [2.75, 3.05) is 0 Å². The van der Waals surface area contributed by atoms with Gasteiger partial charge in [0.05, 0.1) is 12.6 Å². The zero-order valence-electron chi connectivity index (χ0n) is 13.6. The van der Waals surface area contributed by atoms with Crippen molar-refractivity contribution in [3.8, 4) is 0 Å². The van der Waals surface area contributed by atoms with Crippen LogP contribution in [0.3, 0.4) is 0 Å². The average molecular weight is 306 g/mol. The van der Waals surface area contributed by atoms with Gasteiger partial charge in [0.25, 0.3) is 0 Å². The van der Waals surface area contributed by atoms with E-state index in [1.165, 1.54) is 0 Å². The summed E-state index contributed by atoms with van der Waals surface area (Å²) in [5.41, 5.74) is 2.62. The third-order valence-electron chi connectivity index (χ3n) is 3.62. The Balaban J connectivity index is 2.11. The number of ketones is 1. The van der Waals surface area contributed by atoms with E-state index in [0.717, 1.165) is 11.1 Å². The highest BCUT2D eigenvalue weighted by Gasteiger charge is 2.19. The molecule has 0 aliphatic heterocycles. The molecule has 0 aromatic heterocycles. The molecule has 0 aliphatic carbocycles. The van der Waals surface area contributed by atoms with E-state index >= 15 is 0 Å². The Morgan fingerprint density at radius 2 is 1.78 bits per heavy atom. The predicted octanol–water partition coefficient (Wildman–Crippen LogP) is 3.96. The Morgan fingerprint density at radius 1 is 1.09 bits per heavy atom. The first-order valence-electron chi connectivity index (χ1n) is 7.87. The highest BCUT2D eigenvalue weighted by atomic mass is 16.1. The van der Waals surface area contributed by atoms with Crippen molar-refractivity contribution < 1.29 is 4.79 Å². The topological polar surface area (TPSA) is 33.5 Å². The van der Waals surface area contributed by atoms with Gasteiger partial charge in [-0.1, -0.05) is 74.0 Å². The number of rotatable bonds is 7. The highest BCUT2D eigenvalue weighted by Crippen LogP contribution is 2.15. The highest BCUT2D eigenvalue weighted by molar-refractivity contribution is 5.86. The number of carbonyl (C=O) groups is 1. The molecule has 0 unspecified atom stereocenters. The second-order valence-corrected chi connectivity index (χ2v) is 5.99. The summed E-state index contributed by atoms with van der Waals surface area (Å²) >= 11 is 0. The van der Waals surface area contributed by atoms with Crippen LogP contribution >= 0.6 is 0 Å². The third kappa shape index (κ3) is 5.36. The summed E-state index contributed by atoms with van der Waals surface area (Å²) in [6.45, 7) is 11.2. The number of hydrogen-bond acceptors (Lipinski definition) is 2. The molecule has 1 atom stereocenters. The van der Waals surface area contributed by atoms with Crippen molar-refractivity contribution in [1.29, 1.82) is 0 Å². The Labute approximate surface area is 138 Å². The molecule has 0 bridgehead atoms. The van der Waals surface area contributed by atoms with Crippen LogP contribution in [0.25, 0.3) is 4.85 Å². The van der Waals surface area contributed by atoms with E-state index in [4.69, 9.17) is 6.57 Å². The number of hydrogen-bond donors (Lipinski definition) is 1. The Bertz CT molecular complexity index is 686. The van der Waals surface area contributed by atoms with Crippen LogP contribution in [-0.4, -0.2) is 17.9 Å². The van der Waals surface area contributed by atoms with Crippen LogP contribution in [0.2, 0.25) is 0 Å². The summed E-state index contributed by atoms with van der Waals surface area (Å²) in [5, 5.41) is 3.37. The predicted molar refractivity (Wildman–Crippen MR) is 93.6 cm³/mol. The lowest BCUT2D eigenvalue weighted by Gasteiger charge is -2.20. The molecule has 0 spiro atoms. The van der Waals surface area contributed by atoms with Crippen LogP contribution in [0.5, 0.6) is 0 Å². The lowest BCUT2D eigenvalue weighted by molar-refractivity contribution is -0.120. The van der Waals surface area contributed by atoms with Crippen LogP contribution in [0.1, 0.15) is 25.0 Å². The molecule has 0 heterocycles. The van der Waals surface area contributed by atoms with Gasteiger partial charge in [-0.2, -0.15) is 0 Å². The largest absolute Gasteiger partial charge is 0.305 e. The van der Waals surface area contributed by atoms with E-state index in [9.17, 15) is 4.79 Å². The standard InChI is InChI=1S/C20H22N2O/c1-15(2)22-19(13-16-8-5-4-6-9-16)20(23)14-17-10-7-11-18(12-17)21-3/h4-12,15,19,22H,13-14H2,1-2H3/t19-/m0/s1. The smallest absolute Gasteiger partial charge is 0.187 e. The molecule has 2 rings (SSSR count). The summed E-state index contributed by atoms with van der Waals surface area (Å²) in [6.07, 6.45) is 1.03. The van der Waals surface area contributed by atoms with Gasteiger partial charge in [-0.3, -0.25) is 4.79 Å². The van der Waals surface area contributed by atoms with E-state index in [1.54, 1.807) is 12.1 Å². The van der Waals surface area contributed by atoms with Crippen molar-refractivity contribution in [3.05, 3.63) is 77.1 Å². The summed E-state index contributed by atoms with van der Waals surface area (Å²) in [5.74, 6) is 0.157. The zero-order chi connectivity index (χ0) is 16.7. The first kappa shape index (κ1) is 16.9. The van der Waals surface area contributed by atoms with Crippen molar-refractivity contribution in [3.63, 3.8) is 0 Å². The maximum Gasteiger partial charge on any atom is 0.187 e. The van der Waals surface area contributed by atoms with Gasteiger partial charge in [-0.25, -0.2) is 4.85 Å². The first-order valence-corrected chi connectivity index (χ1v) is 7.87. The zero-order valence-corrected chi connectivity index (χ0v) is 13.6. The van der Waals surface area contributed by atoms with Gasteiger partial charge in [-0.15, -0.1) is 0 Å². The average Bonchev–Trinajstić information content (AvgIpc) is 2.55. The van der Waals surface area contributed by atoms with Gasteiger partial charge < -0.3 is 5.32 Å². The molecule has 1 N–H and O–H groups in total. The number of carbonyl (C=O) groups excluding carboxylic acids is 1. The summed E-state index contributed by atoms with van der Waals surface area (Å²) < 4.78 is 0. The lowest BCUT2D eigenvalue weighted by atomic mass is 9.97. The molecule has 0 radical (unpaired) electrons. The molecule has 0 amide bonds. The summed E-state index contributed by atoms with van der Waals surface area (Å²) in [7, 11) is 0. The molecule has 2 aromatic carbocycles. The van der Waals surface area contributed by atoms with E-state index in [-0.39, 0.29) is 17.9 Å². The first-order chi connectivity index (χ1) is 11.1. The van der Waals surface area contributed by atoms with Crippen LogP contribution in [0.15, 0.2) is 54.6 Å². The maximum absolute atomic E-state index is 12.7. The Morgan fingerprint density at radius 3 is 2.43 bits per heavy atom. The van der Waals surface area contributed by atoms with Gasteiger partial charge in [-0.05, 0) is 12.0 Å². The molecular formula is C20H22N2O. The second-order valence-electron chi connectivity index (χ2n) is 5.99. The number of nitrogens with zero attached hydrogens (tertiary/aromatic N) is 1. The third-order valence-corrected chi connectivity index (χ3v) is 3.62. The van der Waals surface area contributed by atoms with Gasteiger partial charge >= 0.3 is 0 Å². The molecule has 2 aromatic rings. The van der Waals surface area contributed by atoms with Crippen LogP contribution in [-0.2, 0) is 17.6 Å². The van der Waals surface area contributed by atoms with Crippen LogP contribution < -0.4 is 5.32 Å². The van der Waals surface area contributed by atoms with E-state index in [1.807, 2.05) is 56.3 Å². The minimum absolute atomic E-state index is 0.157. The Hall–Kier alpha value is -2.44. The van der Waals surface area contributed by atoms with Gasteiger partial charge in [0, 0.05) is 12.5 Å². The molecule has 23 heavy (non-hydrogen) atoms. The van der Waals surface area contributed by atoms with Crippen molar-refractivity contribution in [1.82, 2.24) is 5.32 Å². The lowest BCUT2D eigenvalue weighted by Crippen LogP contribution is -2.43.